The average molecular weight is 328 g/mol. The predicted molar refractivity (Wildman–Crippen MR) is 87.1 cm³/mol. The van der Waals surface area contributed by atoms with Crippen molar-refractivity contribution < 1.29 is 18.7 Å². The molecule has 2 aromatic heterocycles. The Labute approximate surface area is 138 Å². The highest BCUT2D eigenvalue weighted by Gasteiger charge is 2.27. The minimum absolute atomic E-state index is 0.0244. The van der Waals surface area contributed by atoms with E-state index in [1.807, 2.05) is 0 Å². The number of pyridine rings is 1. The van der Waals surface area contributed by atoms with Crippen LogP contribution in [0.1, 0.15) is 28.7 Å². The second-order valence-corrected chi connectivity index (χ2v) is 5.91. The molecule has 0 saturated carbocycles. The molecule has 6 heteroatoms. The zero-order chi connectivity index (χ0) is 17.3. The molecule has 2 heterocycles. The molecule has 0 aliphatic heterocycles. The van der Waals surface area contributed by atoms with Crippen molar-refractivity contribution in [2.45, 2.75) is 19.4 Å². The van der Waals surface area contributed by atoms with Crippen LogP contribution in [0.25, 0.3) is 10.9 Å². The van der Waals surface area contributed by atoms with Crippen molar-refractivity contribution in [3.8, 4) is 0 Å². The van der Waals surface area contributed by atoms with Crippen LogP contribution < -0.4 is 5.32 Å². The maximum absolute atomic E-state index is 13.4. The highest BCUT2D eigenvalue weighted by atomic mass is 19.1. The van der Waals surface area contributed by atoms with Crippen LogP contribution in [0, 0.1) is 12.7 Å². The molecule has 1 unspecified atom stereocenters. The summed E-state index contributed by atoms with van der Waals surface area (Å²) in [5.41, 5.74) is 0.0742. The number of hydrogen-bond donors (Lipinski definition) is 2. The summed E-state index contributed by atoms with van der Waals surface area (Å²) in [7, 11) is 0. The SMILES string of the molecule is Cc1cc(C(=O)NCC(C)(O)c2ccco2)c2ccc(F)cc2n1. The van der Waals surface area contributed by atoms with Gasteiger partial charge in [0.2, 0.25) is 0 Å². The predicted octanol–water partition coefficient (Wildman–Crippen LogP) is 2.91. The van der Waals surface area contributed by atoms with Gasteiger partial charge in [-0.1, -0.05) is 0 Å². The number of aromatic nitrogens is 1. The zero-order valence-electron chi connectivity index (χ0n) is 13.3. The van der Waals surface area contributed by atoms with Gasteiger partial charge < -0.3 is 14.8 Å². The van der Waals surface area contributed by atoms with Crippen LogP contribution in [0.4, 0.5) is 4.39 Å². The fourth-order valence-corrected chi connectivity index (χ4v) is 2.54. The monoisotopic (exact) mass is 328 g/mol. The highest BCUT2D eigenvalue weighted by molar-refractivity contribution is 6.06. The molecule has 3 aromatic rings. The molecule has 2 N–H and O–H groups in total. The van der Waals surface area contributed by atoms with Crippen LogP contribution in [-0.2, 0) is 5.60 Å². The van der Waals surface area contributed by atoms with Crippen LogP contribution in [0.15, 0.2) is 47.1 Å². The first kappa shape index (κ1) is 16.1. The normalized spacial score (nSPS) is 13.7. The minimum Gasteiger partial charge on any atom is -0.466 e. The zero-order valence-corrected chi connectivity index (χ0v) is 13.3. The minimum atomic E-state index is -1.33. The fourth-order valence-electron chi connectivity index (χ4n) is 2.54. The van der Waals surface area contributed by atoms with Gasteiger partial charge in [0.15, 0.2) is 0 Å². The lowest BCUT2D eigenvalue weighted by Crippen LogP contribution is -2.38. The number of fused-ring (bicyclic) bond motifs is 1. The van der Waals surface area contributed by atoms with Gasteiger partial charge in [0.25, 0.3) is 5.91 Å². The van der Waals surface area contributed by atoms with Crippen molar-refractivity contribution in [1.82, 2.24) is 10.3 Å². The topological polar surface area (TPSA) is 75.4 Å². The highest BCUT2D eigenvalue weighted by Crippen LogP contribution is 2.22. The molecule has 0 aliphatic rings. The molecule has 1 amide bonds. The molecular formula is C18H17FN2O3. The molecule has 24 heavy (non-hydrogen) atoms. The fraction of sp³-hybridized carbons (Fsp3) is 0.222. The first-order valence-electron chi connectivity index (χ1n) is 7.48. The maximum Gasteiger partial charge on any atom is 0.252 e. The van der Waals surface area contributed by atoms with Gasteiger partial charge in [0.1, 0.15) is 17.2 Å². The quantitative estimate of drug-likeness (QED) is 0.772. The summed E-state index contributed by atoms with van der Waals surface area (Å²) in [5, 5.41) is 13.6. The van der Waals surface area contributed by atoms with E-state index in [0.717, 1.165) is 0 Å². The van der Waals surface area contributed by atoms with Gasteiger partial charge in [-0.05, 0) is 44.2 Å². The molecular weight excluding hydrogens is 311 g/mol. The molecule has 0 fully saturated rings. The Bertz CT molecular complexity index is 883. The molecule has 0 bridgehead atoms. The standard InChI is InChI=1S/C18H17FN2O3/c1-11-8-14(13-6-5-12(19)9-15(13)21-11)17(22)20-10-18(2,23)16-4-3-7-24-16/h3-9,23H,10H2,1-2H3,(H,20,22). The summed E-state index contributed by atoms with van der Waals surface area (Å²) >= 11 is 0. The molecule has 0 spiro atoms. The Kier molecular flexibility index (Phi) is 4.07. The van der Waals surface area contributed by atoms with Gasteiger partial charge in [-0.3, -0.25) is 9.78 Å². The van der Waals surface area contributed by atoms with E-state index in [0.29, 0.717) is 27.9 Å². The molecule has 0 radical (unpaired) electrons. The van der Waals surface area contributed by atoms with Gasteiger partial charge in [-0.2, -0.15) is 0 Å². The summed E-state index contributed by atoms with van der Waals surface area (Å²) in [6, 6.07) is 9.04. The van der Waals surface area contributed by atoms with Crippen molar-refractivity contribution in [1.29, 1.82) is 0 Å². The Balaban J connectivity index is 1.87. The first-order valence-corrected chi connectivity index (χ1v) is 7.48. The van der Waals surface area contributed by atoms with Crippen molar-refractivity contribution in [2.75, 3.05) is 6.54 Å². The lowest BCUT2D eigenvalue weighted by molar-refractivity contribution is 0.0330. The van der Waals surface area contributed by atoms with Crippen molar-refractivity contribution in [3.63, 3.8) is 0 Å². The number of aryl methyl sites for hydroxylation is 1. The third kappa shape index (κ3) is 3.14. The second-order valence-electron chi connectivity index (χ2n) is 5.91. The van der Waals surface area contributed by atoms with Crippen molar-refractivity contribution >= 4 is 16.8 Å². The summed E-state index contributed by atoms with van der Waals surface area (Å²) in [5.74, 6) is -0.419. The largest absolute Gasteiger partial charge is 0.466 e. The van der Waals surface area contributed by atoms with Gasteiger partial charge in [-0.15, -0.1) is 0 Å². The van der Waals surface area contributed by atoms with Gasteiger partial charge in [0, 0.05) is 17.1 Å². The third-order valence-corrected chi connectivity index (χ3v) is 3.79. The van der Waals surface area contributed by atoms with Crippen LogP contribution in [-0.4, -0.2) is 22.5 Å². The van der Waals surface area contributed by atoms with Crippen molar-refractivity contribution in [2.24, 2.45) is 0 Å². The van der Waals surface area contributed by atoms with E-state index in [1.165, 1.54) is 24.5 Å². The Morgan fingerprint density at radius 2 is 2.17 bits per heavy atom. The average Bonchev–Trinajstić information content (AvgIpc) is 3.06. The number of rotatable bonds is 4. The van der Waals surface area contributed by atoms with Gasteiger partial charge in [-0.25, -0.2) is 4.39 Å². The van der Waals surface area contributed by atoms with Gasteiger partial charge >= 0.3 is 0 Å². The number of aliphatic hydroxyl groups is 1. The molecule has 5 nitrogen and oxygen atoms in total. The molecule has 3 rings (SSSR count). The van der Waals surface area contributed by atoms with Crippen LogP contribution in [0.3, 0.4) is 0 Å². The number of nitrogens with one attached hydrogen (secondary N) is 1. The van der Waals surface area contributed by atoms with Crippen molar-refractivity contribution in [3.05, 3.63) is 65.5 Å². The first-order chi connectivity index (χ1) is 11.4. The van der Waals surface area contributed by atoms with E-state index in [-0.39, 0.29) is 12.5 Å². The Morgan fingerprint density at radius 3 is 2.88 bits per heavy atom. The lowest BCUT2D eigenvalue weighted by atomic mass is 10.0. The number of halogens is 1. The van der Waals surface area contributed by atoms with E-state index in [9.17, 15) is 14.3 Å². The molecule has 124 valence electrons. The summed E-state index contributed by atoms with van der Waals surface area (Å²) in [6.45, 7) is 3.26. The smallest absolute Gasteiger partial charge is 0.252 e. The number of hydrogen-bond acceptors (Lipinski definition) is 4. The van der Waals surface area contributed by atoms with Crippen LogP contribution >= 0.6 is 0 Å². The number of carbonyl (C=O) groups excluding carboxylic acids is 1. The maximum atomic E-state index is 13.4. The summed E-state index contributed by atoms with van der Waals surface area (Å²) in [4.78, 5) is 16.8. The Morgan fingerprint density at radius 1 is 1.38 bits per heavy atom. The molecule has 1 aromatic carbocycles. The van der Waals surface area contributed by atoms with Crippen LogP contribution in [0.5, 0.6) is 0 Å². The number of amides is 1. The number of furan rings is 1. The Hall–Kier alpha value is -2.73. The van der Waals surface area contributed by atoms with E-state index < -0.39 is 11.4 Å². The molecule has 0 aliphatic carbocycles. The van der Waals surface area contributed by atoms with E-state index in [1.54, 1.807) is 32.0 Å². The number of nitrogens with zero attached hydrogens (tertiary/aromatic N) is 1. The van der Waals surface area contributed by atoms with E-state index in [4.69, 9.17) is 4.42 Å². The third-order valence-electron chi connectivity index (χ3n) is 3.79. The summed E-state index contributed by atoms with van der Waals surface area (Å²) < 4.78 is 18.6. The second kappa shape index (κ2) is 6.05. The number of carbonyl (C=O) groups is 1. The van der Waals surface area contributed by atoms with Gasteiger partial charge in [0.05, 0.1) is 23.9 Å². The molecule has 1 atom stereocenters. The number of benzene rings is 1. The van der Waals surface area contributed by atoms with E-state index in [2.05, 4.69) is 10.3 Å². The molecule has 0 saturated heterocycles. The lowest BCUT2D eigenvalue weighted by Gasteiger charge is -2.21. The van der Waals surface area contributed by atoms with E-state index >= 15 is 0 Å². The van der Waals surface area contributed by atoms with Crippen LogP contribution in [0.2, 0.25) is 0 Å². The summed E-state index contributed by atoms with van der Waals surface area (Å²) in [6.07, 6.45) is 1.46.